The van der Waals surface area contributed by atoms with Crippen LogP contribution in [-0.2, 0) is 9.59 Å². The zero-order valence-corrected chi connectivity index (χ0v) is 16.3. The molecule has 7 nitrogen and oxygen atoms in total. The van der Waals surface area contributed by atoms with E-state index in [4.69, 9.17) is 16.0 Å². The number of rotatable bonds is 3. The fourth-order valence-corrected chi connectivity index (χ4v) is 3.89. The highest BCUT2D eigenvalue weighted by Crippen LogP contribution is 2.29. The number of hydrogen-bond acceptors (Lipinski definition) is 4. The summed E-state index contributed by atoms with van der Waals surface area (Å²) in [6, 6.07) is 7.34. The molecule has 1 aromatic carbocycles. The molecule has 29 heavy (non-hydrogen) atoms. The Kier molecular flexibility index (Phi) is 5.27. The van der Waals surface area contributed by atoms with Crippen molar-refractivity contribution in [2.75, 3.05) is 37.6 Å². The van der Waals surface area contributed by atoms with Crippen LogP contribution in [0, 0.1) is 11.7 Å². The number of piperazine rings is 1. The molecular weight excluding hydrogens is 401 g/mol. The Bertz CT molecular complexity index is 941. The Morgan fingerprint density at radius 1 is 1.10 bits per heavy atom. The lowest BCUT2D eigenvalue weighted by molar-refractivity contribution is -0.137. The molecule has 0 saturated carbocycles. The minimum absolute atomic E-state index is 0.0672. The van der Waals surface area contributed by atoms with Crippen LogP contribution in [0.4, 0.5) is 10.1 Å². The highest BCUT2D eigenvalue weighted by molar-refractivity contribution is 6.31. The van der Waals surface area contributed by atoms with E-state index in [1.807, 2.05) is 0 Å². The maximum Gasteiger partial charge on any atom is 0.289 e. The zero-order chi connectivity index (χ0) is 20.5. The molecule has 2 aliphatic heterocycles. The largest absolute Gasteiger partial charge is 0.459 e. The second-order valence-electron chi connectivity index (χ2n) is 7.10. The number of hydrogen-bond donors (Lipinski definition) is 0. The van der Waals surface area contributed by atoms with E-state index in [1.54, 1.807) is 21.9 Å². The van der Waals surface area contributed by atoms with Crippen LogP contribution in [0.3, 0.4) is 0 Å². The second-order valence-corrected chi connectivity index (χ2v) is 7.51. The van der Waals surface area contributed by atoms with E-state index in [-0.39, 0.29) is 41.5 Å². The smallest absolute Gasteiger partial charge is 0.289 e. The second kappa shape index (κ2) is 7.87. The quantitative estimate of drug-likeness (QED) is 0.765. The van der Waals surface area contributed by atoms with E-state index in [2.05, 4.69) is 0 Å². The number of amides is 3. The Morgan fingerprint density at radius 3 is 2.48 bits per heavy atom. The first kappa shape index (κ1) is 19.4. The van der Waals surface area contributed by atoms with Gasteiger partial charge in [0.2, 0.25) is 11.8 Å². The summed E-state index contributed by atoms with van der Waals surface area (Å²) < 4.78 is 18.5. The van der Waals surface area contributed by atoms with Gasteiger partial charge in [0, 0.05) is 44.8 Å². The Balaban J connectivity index is 1.36. The van der Waals surface area contributed by atoms with Gasteiger partial charge in [0.25, 0.3) is 5.91 Å². The molecule has 0 bridgehead atoms. The SMILES string of the molecule is O=C(c1ccco1)N1CCN(C(=O)[C@H]2CC(=O)N(c3ccc(F)c(Cl)c3)C2)CC1. The van der Waals surface area contributed by atoms with Gasteiger partial charge < -0.3 is 19.1 Å². The molecule has 0 aliphatic carbocycles. The molecule has 0 spiro atoms. The molecule has 1 aromatic heterocycles. The van der Waals surface area contributed by atoms with Gasteiger partial charge in [0.1, 0.15) is 5.82 Å². The van der Waals surface area contributed by atoms with Crippen molar-refractivity contribution in [1.82, 2.24) is 9.80 Å². The number of nitrogens with zero attached hydrogens (tertiary/aromatic N) is 3. The molecule has 9 heteroatoms. The van der Waals surface area contributed by atoms with Crippen LogP contribution in [0.15, 0.2) is 41.0 Å². The van der Waals surface area contributed by atoms with Gasteiger partial charge in [-0.05, 0) is 30.3 Å². The lowest BCUT2D eigenvalue weighted by atomic mass is 10.1. The van der Waals surface area contributed by atoms with Crippen molar-refractivity contribution in [3.63, 3.8) is 0 Å². The number of carbonyl (C=O) groups excluding carboxylic acids is 3. The molecule has 0 unspecified atom stereocenters. The van der Waals surface area contributed by atoms with E-state index in [0.717, 1.165) is 0 Å². The number of halogens is 2. The molecule has 152 valence electrons. The van der Waals surface area contributed by atoms with Crippen molar-refractivity contribution in [3.8, 4) is 0 Å². The summed E-state index contributed by atoms with van der Waals surface area (Å²) in [6.45, 7) is 1.84. The number of benzene rings is 1. The third-order valence-electron chi connectivity index (χ3n) is 5.30. The Hall–Kier alpha value is -2.87. The summed E-state index contributed by atoms with van der Waals surface area (Å²) >= 11 is 5.81. The van der Waals surface area contributed by atoms with Crippen molar-refractivity contribution in [1.29, 1.82) is 0 Å². The Labute approximate surface area is 171 Å². The van der Waals surface area contributed by atoms with Gasteiger partial charge in [-0.3, -0.25) is 14.4 Å². The number of furan rings is 1. The minimum atomic E-state index is -0.559. The maximum absolute atomic E-state index is 13.4. The third kappa shape index (κ3) is 3.85. The summed E-state index contributed by atoms with van der Waals surface area (Å²) in [5.74, 6) is -1.26. The van der Waals surface area contributed by atoms with Gasteiger partial charge >= 0.3 is 0 Å². The topological polar surface area (TPSA) is 74.1 Å². The van der Waals surface area contributed by atoms with E-state index in [9.17, 15) is 18.8 Å². The van der Waals surface area contributed by atoms with Crippen LogP contribution in [0.1, 0.15) is 17.0 Å². The van der Waals surface area contributed by atoms with Crippen LogP contribution in [0.2, 0.25) is 5.02 Å². The predicted molar refractivity (Wildman–Crippen MR) is 103 cm³/mol. The molecule has 2 aromatic rings. The third-order valence-corrected chi connectivity index (χ3v) is 5.59. The molecule has 0 N–H and O–H groups in total. The molecule has 1 atom stereocenters. The molecule has 3 heterocycles. The summed E-state index contributed by atoms with van der Waals surface area (Å²) in [5, 5.41) is -0.0672. The van der Waals surface area contributed by atoms with Crippen LogP contribution in [0.25, 0.3) is 0 Å². The van der Waals surface area contributed by atoms with Gasteiger partial charge in [0.15, 0.2) is 5.76 Å². The number of carbonyl (C=O) groups is 3. The highest BCUT2D eigenvalue weighted by atomic mass is 35.5. The minimum Gasteiger partial charge on any atom is -0.459 e. The number of anilines is 1. The first-order valence-electron chi connectivity index (χ1n) is 9.31. The summed E-state index contributed by atoms with van der Waals surface area (Å²) in [7, 11) is 0. The predicted octanol–water partition coefficient (Wildman–Crippen LogP) is 2.41. The van der Waals surface area contributed by atoms with Gasteiger partial charge in [-0.2, -0.15) is 0 Å². The van der Waals surface area contributed by atoms with Crippen molar-refractivity contribution in [2.24, 2.45) is 5.92 Å². The molecule has 2 fully saturated rings. The normalized spacial score (nSPS) is 19.7. The molecule has 0 radical (unpaired) electrons. The molecule has 4 rings (SSSR count). The van der Waals surface area contributed by atoms with E-state index in [0.29, 0.717) is 31.9 Å². The van der Waals surface area contributed by atoms with Gasteiger partial charge in [0.05, 0.1) is 17.2 Å². The van der Waals surface area contributed by atoms with Crippen molar-refractivity contribution in [3.05, 3.63) is 53.2 Å². The van der Waals surface area contributed by atoms with Crippen molar-refractivity contribution in [2.45, 2.75) is 6.42 Å². The summed E-state index contributed by atoms with van der Waals surface area (Å²) in [5.41, 5.74) is 0.477. The first-order valence-corrected chi connectivity index (χ1v) is 9.69. The Morgan fingerprint density at radius 2 is 1.83 bits per heavy atom. The highest BCUT2D eigenvalue weighted by Gasteiger charge is 2.38. The molecule has 3 amide bonds. The van der Waals surface area contributed by atoms with E-state index < -0.39 is 11.7 Å². The van der Waals surface area contributed by atoms with Crippen LogP contribution in [0.5, 0.6) is 0 Å². The standard InChI is InChI=1S/C20H19ClFN3O4/c21-15-11-14(3-4-16(15)22)25-12-13(10-18(25)26)19(27)23-5-7-24(8-6-23)20(28)17-2-1-9-29-17/h1-4,9,11,13H,5-8,10,12H2/t13-/m0/s1. The van der Waals surface area contributed by atoms with Crippen LogP contribution >= 0.6 is 11.6 Å². The van der Waals surface area contributed by atoms with Crippen molar-refractivity contribution < 1.29 is 23.2 Å². The summed E-state index contributed by atoms with van der Waals surface area (Å²) in [6.07, 6.45) is 1.55. The molecular formula is C20H19ClFN3O4. The molecule has 2 saturated heterocycles. The first-order chi connectivity index (χ1) is 13.9. The summed E-state index contributed by atoms with van der Waals surface area (Å²) in [4.78, 5) is 42.4. The lowest BCUT2D eigenvalue weighted by Crippen LogP contribution is -2.52. The van der Waals surface area contributed by atoms with Gasteiger partial charge in [-0.15, -0.1) is 0 Å². The van der Waals surface area contributed by atoms with Crippen LogP contribution in [-0.4, -0.2) is 60.2 Å². The lowest BCUT2D eigenvalue weighted by Gasteiger charge is -2.35. The fourth-order valence-electron chi connectivity index (χ4n) is 3.72. The van der Waals surface area contributed by atoms with Crippen molar-refractivity contribution >= 4 is 35.0 Å². The fraction of sp³-hybridized carbons (Fsp3) is 0.350. The van der Waals surface area contributed by atoms with Gasteiger partial charge in [-0.1, -0.05) is 11.6 Å². The van der Waals surface area contributed by atoms with Crippen LogP contribution < -0.4 is 4.90 Å². The average molecular weight is 420 g/mol. The van der Waals surface area contributed by atoms with E-state index >= 15 is 0 Å². The van der Waals surface area contributed by atoms with E-state index in [1.165, 1.54) is 29.4 Å². The molecule has 2 aliphatic rings. The maximum atomic E-state index is 13.4. The average Bonchev–Trinajstić information content (AvgIpc) is 3.39. The monoisotopic (exact) mass is 419 g/mol. The van der Waals surface area contributed by atoms with Gasteiger partial charge in [-0.25, -0.2) is 4.39 Å². The zero-order valence-electron chi connectivity index (χ0n) is 15.5.